The Hall–Kier alpha value is -3.04. The normalized spacial score (nSPS) is 20.7. The maximum absolute atomic E-state index is 13.7. The second kappa shape index (κ2) is 11.6. The molecule has 3 aromatic rings. The van der Waals surface area contributed by atoms with Crippen LogP contribution in [0.1, 0.15) is 17.2 Å². The Morgan fingerprint density at radius 3 is 2.59 bits per heavy atom. The molecule has 3 atom stereocenters. The minimum absolute atomic E-state index is 0.00521. The zero-order valence-corrected chi connectivity index (χ0v) is 22.0. The lowest BCUT2D eigenvalue weighted by Crippen LogP contribution is -2.44. The van der Waals surface area contributed by atoms with E-state index in [0.29, 0.717) is 29.7 Å². The lowest BCUT2D eigenvalue weighted by atomic mass is 9.97. The molecular formula is C28H28ClN3O4S. The lowest BCUT2D eigenvalue weighted by molar-refractivity contribution is -0.131. The number of amides is 2. The standard InChI is InChI=1S/C28H28ClN3O4S/c1-35-18-22-17-31(14-15-36-22)21-11-7-10-20(16-21)25(19-8-3-2-4-9-19)32-28(34)26(27(33)30-32)37-24-13-6-5-12-23(24)29/h2-13,16,22,25-26H,14-15,17-18H2,1H3,(H,30,33). The van der Waals surface area contributed by atoms with Crippen LogP contribution < -0.4 is 10.3 Å². The minimum atomic E-state index is -0.927. The van der Waals surface area contributed by atoms with Crippen molar-refractivity contribution < 1.29 is 19.1 Å². The van der Waals surface area contributed by atoms with E-state index < -0.39 is 11.3 Å². The molecular weight excluding hydrogens is 510 g/mol. The molecule has 2 fully saturated rings. The van der Waals surface area contributed by atoms with Gasteiger partial charge in [0.2, 0.25) is 0 Å². The summed E-state index contributed by atoms with van der Waals surface area (Å²) in [7, 11) is 1.67. The summed E-state index contributed by atoms with van der Waals surface area (Å²) >= 11 is 7.48. The highest BCUT2D eigenvalue weighted by atomic mass is 35.5. The van der Waals surface area contributed by atoms with Crippen molar-refractivity contribution in [1.29, 1.82) is 0 Å². The predicted molar refractivity (Wildman–Crippen MR) is 145 cm³/mol. The van der Waals surface area contributed by atoms with Crippen LogP contribution >= 0.6 is 23.4 Å². The average Bonchev–Trinajstić information content (AvgIpc) is 3.19. The van der Waals surface area contributed by atoms with Crippen molar-refractivity contribution in [1.82, 2.24) is 10.4 Å². The summed E-state index contributed by atoms with van der Waals surface area (Å²) in [5.41, 5.74) is 5.67. The summed E-state index contributed by atoms with van der Waals surface area (Å²) in [6.45, 7) is 2.61. The molecule has 7 nitrogen and oxygen atoms in total. The van der Waals surface area contributed by atoms with Gasteiger partial charge in [-0.15, -0.1) is 11.8 Å². The molecule has 3 unspecified atom stereocenters. The quantitative estimate of drug-likeness (QED) is 0.432. The van der Waals surface area contributed by atoms with Crippen LogP contribution in [0.5, 0.6) is 0 Å². The number of hydrogen-bond donors (Lipinski definition) is 1. The van der Waals surface area contributed by atoms with Gasteiger partial charge in [-0.3, -0.25) is 15.0 Å². The Kier molecular flexibility index (Phi) is 8.00. The Balaban J connectivity index is 1.45. The number of methoxy groups -OCH3 is 1. The molecule has 0 bridgehead atoms. The molecule has 0 spiro atoms. The van der Waals surface area contributed by atoms with E-state index in [2.05, 4.69) is 22.5 Å². The smallest absolute Gasteiger partial charge is 0.265 e. The third-order valence-corrected chi connectivity index (χ3v) is 8.13. The van der Waals surface area contributed by atoms with Gasteiger partial charge >= 0.3 is 0 Å². The summed E-state index contributed by atoms with van der Waals surface area (Å²) in [6.07, 6.45) is -0.00521. The number of benzene rings is 3. The first kappa shape index (κ1) is 25.6. The zero-order chi connectivity index (χ0) is 25.8. The molecule has 0 saturated carbocycles. The molecule has 0 aromatic heterocycles. The summed E-state index contributed by atoms with van der Waals surface area (Å²) < 4.78 is 11.1. The van der Waals surface area contributed by atoms with Gasteiger partial charge in [-0.2, -0.15) is 0 Å². The van der Waals surface area contributed by atoms with Gasteiger partial charge in [0, 0.05) is 30.8 Å². The third-order valence-electron chi connectivity index (χ3n) is 6.43. The molecule has 37 heavy (non-hydrogen) atoms. The van der Waals surface area contributed by atoms with E-state index >= 15 is 0 Å². The van der Waals surface area contributed by atoms with Crippen LogP contribution in [0.3, 0.4) is 0 Å². The molecule has 0 aliphatic carbocycles. The molecule has 5 rings (SSSR count). The fraction of sp³-hybridized carbons (Fsp3) is 0.286. The van der Waals surface area contributed by atoms with Crippen LogP contribution in [0.2, 0.25) is 5.02 Å². The topological polar surface area (TPSA) is 71.1 Å². The van der Waals surface area contributed by atoms with Crippen LogP contribution in [-0.4, -0.2) is 61.6 Å². The van der Waals surface area contributed by atoms with Gasteiger partial charge in [-0.05, 0) is 35.4 Å². The number of rotatable bonds is 8. The number of halogens is 1. The van der Waals surface area contributed by atoms with Crippen molar-refractivity contribution in [2.45, 2.75) is 22.3 Å². The molecule has 192 valence electrons. The average molecular weight is 538 g/mol. The van der Waals surface area contributed by atoms with Crippen molar-refractivity contribution in [3.8, 4) is 0 Å². The van der Waals surface area contributed by atoms with Crippen molar-refractivity contribution in [2.75, 3.05) is 38.3 Å². The van der Waals surface area contributed by atoms with Gasteiger partial charge in [-0.1, -0.05) is 66.2 Å². The van der Waals surface area contributed by atoms with E-state index in [4.69, 9.17) is 21.1 Å². The van der Waals surface area contributed by atoms with Gasteiger partial charge in [0.15, 0.2) is 5.25 Å². The summed E-state index contributed by atoms with van der Waals surface area (Å²) in [5.74, 6) is -0.664. The number of morpholine rings is 1. The van der Waals surface area contributed by atoms with Crippen molar-refractivity contribution >= 4 is 40.9 Å². The van der Waals surface area contributed by atoms with Gasteiger partial charge in [0.1, 0.15) is 6.04 Å². The van der Waals surface area contributed by atoms with E-state index in [9.17, 15) is 9.59 Å². The van der Waals surface area contributed by atoms with Crippen LogP contribution in [0.4, 0.5) is 5.69 Å². The number of nitrogens with one attached hydrogen (secondary N) is 1. The van der Waals surface area contributed by atoms with Crippen molar-refractivity contribution in [3.05, 3.63) is 95.0 Å². The lowest BCUT2D eigenvalue weighted by Gasteiger charge is -2.35. The fourth-order valence-electron chi connectivity index (χ4n) is 4.69. The number of anilines is 1. The van der Waals surface area contributed by atoms with Crippen LogP contribution in [-0.2, 0) is 19.1 Å². The second-order valence-electron chi connectivity index (χ2n) is 8.91. The summed E-state index contributed by atoms with van der Waals surface area (Å²) in [4.78, 5) is 29.6. The summed E-state index contributed by atoms with van der Waals surface area (Å²) in [6, 6.07) is 24.6. The first-order valence-electron chi connectivity index (χ1n) is 12.1. The van der Waals surface area contributed by atoms with Gasteiger partial charge in [-0.25, -0.2) is 5.01 Å². The Bertz CT molecular complexity index is 1260. The Labute approximate surface area is 225 Å². The molecule has 2 saturated heterocycles. The summed E-state index contributed by atoms with van der Waals surface area (Å²) in [5, 5.41) is 1.04. The first-order chi connectivity index (χ1) is 18.0. The molecule has 3 aromatic carbocycles. The van der Waals surface area contributed by atoms with E-state index in [-0.39, 0.29) is 17.9 Å². The van der Waals surface area contributed by atoms with E-state index in [0.717, 1.165) is 23.4 Å². The molecule has 2 heterocycles. The molecule has 2 aliphatic rings. The first-order valence-corrected chi connectivity index (χ1v) is 13.4. The molecule has 2 aliphatic heterocycles. The number of nitrogens with zero attached hydrogens (tertiary/aromatic N) is 2. The highest BCUT2D eigenvalue weighted by Gasteiger charge is 2.44. The highest BCUT2D eigenvalue weighted by Crippen LogP contribution is 2.37. The molecule has 2 amide bonds. The molecule has 9 heteroatoms. The van der Waals surface area contributed by atoms with E-state index in [1.54, 1.807) is 13.2 Å². The van der Waals surface area contributed by atoms with Crippen LogP contribution in [0, 0.1) is 0 Å². The Morgan fingerprint density at radius 2 is 1.81 bits per heavy atom. The SMILES string of the molecule is COCC1CN(c2cccc(C(c3ccccc3)N3NC(=O)C(Sc4ccccc4Cl)C3=O)c2)CCO1. The van der Waals surface area contributed by atoms with Gasteiger partial charge in [0.25, 0.3) is 11.8 Å². The van der Waals surface area contributed by atoms with Crippen molar-refractivity contribution in [2.24, 2.45) is 0 Å². The Morgan fingerprint density at radius 1 is 1.05 bits per heavy atom. The molecule has 1 N–H and O–H groups in total. The number of carbonyl (C=O) groups excluding carboxylic acids is 2. The number of ether oxygens (including phenoxy) is 2. The minimum Gasteiger partial charge on any atom is -0.382 e. The maximum atomic E-state index is 13.7. The van der Waals surface area contributed by atoms with Crippen molar-refractivity contribution in [3.63, 3.8) is 0 Å². The third kappa shape index (κ3) is 5.62. The largest absolute Gasteiger partial charge is 0.382 e. The molecule has 0 radical (unpaired) electrons. The second-order valence-corrected chi connectivity index (χ2v) is 10.5. The number of thioether (sulfide) groups is 1. The number of carbonyl (C=O) groups is 2. The van der Waals surface area contributed by atoms with Gasteiger partial charge < -0.3 is 14.4 Å². The maximum Gasteiger partial charge on any atom is 0.265 e. The predicted octanol–water partition coefficient (Wildman–Crippen LogP) is 4.32. The van der Waals surface area contributed by atoms with Crippen LogP contribution in [0.25, 0.3) is 0 Å². The van der Waals surface area contributed by atoms with Gasteiger partial charge in [0.05, 0.1) is 24.3 Å². The van der Waals surface area contributed by atoms with E-state index in [1.807, 2.05) is 60.7 Å². The van der Waals surface area contributed by atoms with E-state index in [1.165, 1.54) is 16.8 Å². The fourth-order valence-corrected chi connectivity index (χ4v) is 5.93. The zero-order valence-electron chi connectivity index (χ0n) is 20.4. The number of hydrogen-bond acceptors (Lipinski definition) is 6. The number of hydrazine groups is 1. The monoisotopic (exact) mass is 537 g/mol. The van der Waals surface area contributed by atoms with Crippen LogP contribution in [0.15, 0.2) is 83.8 Å². The highest BCUT2D eigenvalue weighted by molar-refractivity contribution is 8.01.